The normalized spacial score (nSPS) is 12.5. The van der Waals surface area contributed by atoms with Crippen LogP contribution in [-0.2, 0) is 11.6 Å². The summed E-state index contributed by atoms with van der Waals surface area (Å²) in [6.07, 6.45) is -4.32. The number of benzene rings is 2. The zero-order valence-electron chi connectivity index (χ0n) is 12.1. The summed E-state index contributed by atoms with van der Waals surface area (Å²) in [6.45, 7) is 6.32. The van der Waals surface area contributed by atoms with Crippen LogP contribution in [0.1, 0.15) is 31.9 Å². The maximum atomic E-state index is 12.8. The second-order valence-corrected chi connectivity index (χ2v) is 7.18. The van der Waals surface area contributed by atoms with Crippen LogP contribution >= 0.6 is 22.6 Å². The molecule has 0 unspecified atom stereocenters. The van der Waals surface area contributed by atoms with E-state index in [0.29, 0.717) is 5.56 Å². The first-order valence-electron chi connectivity index (χ1n) is 6.57. The first-order chi connectivity index (χ1) is 9.59. The van der Waals surface area contributed by atoms with E-state index in [0.717, 1.165) is 20.8 Å². The third kappa shape index (κ3) is 3.78. The van der Waals surface area contributed by atoms with Gasteiger partial charge in [-0.1, -0.05) is 45.0 Å². The van der Waals surface area contributed by atoms with Gasteiger partial charge in [0, 0.05) is 3.57 Å². The van der Waals surface area contributed by atoms with Crippen LogP contribution in [0, 0.1) is 3.57 Å². The molecule has 0 fully saturated rings. The smallest absolute Gasteiger partial charge is 0.166 e. The number of hydrogen-bond donors (Lipinski definition) is 0. The Bertz CT molecular complexity index is 635. The van der Waals surface area contributed by atoms with Crippen molar-refractivity contribution in [3.8, 4) is 11.1 Å². The van der Waals surface area contributed by atoms with Crippen LogP contribution < -0.4 is 0 Å². The van der Waals surface area contributed by atoms with E-state index in [9.17, 15) is 13.2 Å². The number of rotatable bonds is 1. The molecular formula is C17H16F3I. The van der Waals surface area contributed by atoms with Crippen molar-refractivity contribution in [3.63, 3.8) is 0 Å². The lowest BCUT2D eigenvalue weighted by atomic mass is 9.86. The molecule has 0 nitrogen and oxygen atoms in total. The fourth-order valence-corrected chi connectivity index (χ4v) is 2.72. The lowest BCUT2D eigenvalue weighted by molar-refractivity contribution is -0.137. The highest BCUT2D eigenvalue weighted by atomic mass is 127. The summed E-state index contributed by atoms with van der Waals surface area (Å²) in [6, 6.07) is 11.6. The minimum atomic E-state index is -4.32. The van der Waals surface area contributed by atoms with Gasteiger partial charge < -0.3 is 0 Å². The molecule has 0 aromatic heterocycles. The van der Waals surface area contributed by atoms with Crippen LogP contribution in [0.5, 0.6) is 0 Å². The summed E-state index contributed by atoms with van der Waals surface area (Å²) >= 11 is 2.07. The minimum Gasteiger partial charge on any atom is -0.166 e. The SMILES string of the molecule is CC(C)(C)c1ccc(-c2cc(C(F)(F)F)ccc2I)cc1. The molecule has 4 heteroatoms. The van der Waals surface area contributed by atoms with E-state index in [1.165, 1.54) is 12.1 Å². The van der Waals surface area contributed by atoms with Gasteiger partial charge in [0.05, 0.1) is 5.56 Å². The van der Waals surface area contributed by atoms with E-state index in [4.69, 9.17) is 0 Å². The van der Waals surface area contributed by atoms with Crippen LogP contribution in [0.4, 0.5) is 13.2 Å². The molecule has 0 aliphatic carbocycles. The van der Waals surface area contributed by atoms with Gasteiger partial charge in [0.25, 0.3) is 0 Å². The van der Waals surface area contributed by atoms with E-state index in [1.807, 2.05) is 24.3 Å². The first-order valence-corrected chi connectivity index (χ1v) is 7.64. The Morgan fingerprint density at radius 3 is 1.81 bits per heavy atom. The number of hydrogen-bond acceptors (Lipinski definition) is 0. The van der Waals surface area contributed by atoms with E-state index in [2.05, 4.69) is 43.4 Å². The Morgan fingerprint density at radius 1 is 0.810 bits per heavy atom. The molecule has 2 rings (SSSR count). The minimum absolute atomic E-state index is 0.0273. The van der Waals surface area contributed by atoms with Gasteiger partial charge in [-0.3, -0.25) is 0 Å². The summed E-state index contributed by atoms with van der Waals surface area (Å²) in [5.74, 6) is 0. The fraction of sp³-hybridized carbons (Fsp3) is 0.294. The highest BCUT2D eigenvalue weighted by Crippen LogP contribution is 2.35. The molecule has 0 spiro atoms. The molecule has 0 aliphatic rings. The van der Waals surface area contributed by atoms with Crippen molar-refractivity contribution in [3.05, 3.63) is 57.2 Å². The molecule has 0 saturated carbocycles. The zero-order valence-corrected chi connectivity index (χ0v) is 14.2. The molecule has 112 valence electrons. The van der Waals surface area contributed by atoms with Crippen LogP contribution in [0.25, 0.3) is 11.1 Å². The van der Waals surface area contributed by atoms with Crippen molar-refractivity contribution < 1.29 is 13.2 Å². The van der Waals surface area contributed by atoms with Crippen molar-refractivity contribution in [2.45, 2.75) is 32.4 Å². The summed E-state index contributed by atoms with van der Waals surface area (Å²) in [4.78, 5) is 0. The third-order valence-corrected chi connectivity index (χ3v) is 4.30. The Balaban J connectivity index is 2.47. The Labute approximate surface area is 136 Å². The lowest BCUT2D eigenvalue weighted by Gasteiger charge is -2.19. The average molecular weight is 404 g/mol. The van der Waals surface area contributed by atoms with Gasteiger partial charge in [0.2, 0.25) is 0 Å². The molecule has 0 radical (unpaired) electrons. The zero-order chi connectivity index (χ0) is 15.8. The Morgan fingerprint density at radius 2 is 1.33 bits per heavy atom. The monoisotopic (exact) mass is 404 g/mol. The predicted octanol–water partition coefficient (Wildman–Crippen LogP) is 6.27. The third-order valence-electron chi connectivity index (χ3n) is 3.36. The molecule has 0 aliphatic heterocycles. The fourth-order valence-electron chi connectivity index (χ4n) is 2.07. The molecule has 21 heavy (non-hydrogen) atoms. The Kier molecular flexibility index (Phi) is 4.38. The summed E-state index contributed by atoms with van der Waals surface area (Å²) in [5, 5.41) is 0. The Hall–Kier alpha value is -1.04. The summed E-state index contributed by atoms with van der Waals surface area (Å²) in [7, 11) is 0. The molecule has 0 heterocycles. The summed E-state index contributed by atoms with van der Waals surface area (Å²) in [5.41, 5.74) is 2.00. The molecule has 0 bridgehead atoms. The van der Waals surface area contributed by atoms with E-state index >= 15 is 0 Å². The van der Waals surface area contributed by atoms with Gasteiger partial charge in [0.1, 0.15) is 0 Å². The van der Waals surface area contributed by atoms with Crippen molar-refractivity contribution >= 4 is 22.6 Å². The second-order valence-electron chi connectivity index (χ2n) is 6.02. The second kappa shape index (κ2) is 5.63. The highest BCUT2D eigenvalue weighted by Gasteiger charge is 2.31. The van der Waals surface area contributed by atoms with E-state index < -0.39 is 11.7 Å². The van der Waals surface area contributed by atoms with E-state index in [1.54, 1.807) is 0 Å². The molecule has 0 amide bonds. The number of halogens is 4. The number of alkyl halides is 3. The maximum absolute atomic E-state index is 12.8. The molecule has 0 N–H and O–H groups in total. The van der Waals surface area contributed by atoms with Gasteiger partial charge in [-0.05, 0) is 62.9 Å². The van der Waals surface area contributed by atoms with Crippen molar-refractivity contribution in [1.82, 2.24) is 0 Å². The van der Waals surface area contributed by atoms with Gasteiger partial charge in [-0.2, -0.15) is 13.2 Å². The predicted molar refractivity (Wildman–Crippen MR) is 88.3 cm³/mol. The summed E-state index contributed by atoms with van der Waals surface area (Å²) < 4.78 is 39.3. The van der Waals surface area contributed by atoms with Crippen molar-refractivity contribution in [2.75, 3.05) is 0 Å². The quantitative estimate of drug-likeness (QED) is 0.491. The molecule has 0 atom stereocenters. The first kappa shape index (κ1) is 16.3. The topological polar surface area (TPSA) is 0 Å². The molecule has 0 saturated heterocycles. The van der Waals surface area contributed by atoms with Crippen molar-refractivity contribution in [1.29, 1.82) is 0 Å². The molecule has 2 aromatic carbocycles. The van der Waals surface area contributed by atoms with Crippen LogP contribution in [0.15, 0.2) is 42.5 Å². The van der Waals surface area contributed by atoms with Gasteiger partial charge in [0.15, 0.2) is 0 Å². The molecule has 2 aromatic rings. The van der Waals surface area contributed by atoms with Crippen LogP contribution in [0.2, 0.25) is 0 Å². The van der Waals surface area contributed by atoms with E-state index in [-0.39, 0.29) is 5.41 Å². The highest BCUT2D eigenvalue weighted by molar-refractivity contribution is 14.1. The van der Waals surface area contributed by atoms with Crippen molar-refractivity contribution in [2.24, 2.45) is 0 Å². The maximum Gasteiger partial charge on any atom is 0.416 e. The largest absolute Gasteiger partial charge is 0.416 e. The van der Waals surface area contributed by atoms with Crippen LogP contribution in [-0.4, -0.2) is 0 Å². The standard InChI is InChI=1S/C17H16F3I/c1-16(2,3)12-6-4-11(5-7-12)14-10-13(17(18,19)20)8-9-15(14)21/h4-10H,1-3H3. The molecular weight excluding hydrogens is 388 g/mol. The van der Waals surface area contributed by atoms with Gasteiger partial charge in [-0.15, -0.1) is 0 Å². The van der Waals surface area contributed by atoms with Crippen LogP contribution in [0.3, 0.4) is 0 Å². The lowest BCUT2D eigenvalue weighted by Crippen LogP contribution is -2.10. The average Bonchev–Trinajstić information content (AvgIpc) is 2.37. The van der Waals surface area contributed by atoms with Gasteiger partial charge in [-0.25, -0.2) is 0 Å². The van der Waals surface area contributed by atoms with Gasteiger partial charge >= 0.3 is 6.18 Å².